The molecule has 6 nitrogen and oxygen atoms in total. The molecular weight excluding hydrogens is 214 g/mol. The van der Waals surface area contributed by atoms with Gasteiger partial charge in [0.25, 0.3) is 5.24 Å². The van der Waals surface area contributed by atoms with Gasteiger partial charge in [-0.25, -0.2) is 15.0 Å². The van der Waals surface area contributed by atoms with Crippen LogP contribution in [-0.2, 0) is 0 Å². The number of rotatable bonds is 1. The molecule has 2 aromatic heterocycles. The Kier molecular flexibility index (Phi) is 2.55. The van der Waals surface area contributed by atoms with Gasteiger partial charge >= 0.3 is 0 Å². The second-order valence-electron chi connectivity index (χ2n) is 2.74. The molecule has 0 aliphatic rings. The third-order valence-electron chi connectivity index (χ3n) is 1.83. The van der Waals surface area contributed by atoms with Crippen LogP contribution in [0.1, 0.15) is 6.92 Å². The zero-order chi connectivity index (χ0) is 10.8. The van der Waals surface area contributed by atoms with E-state index < -0.39 is 0 Å². The highest BCUT2D eigenvalue weighted by atomic mass is 32.2. The predicted octanol–water partition coefficient (Wildman–Crippen LogP) is 1.13. The first-order valence-electron chi connectivity index (χ1n) is 4.34. The molecule has 0 radical (unpaired) electrons. The standard InChI is InChI=1S/C8H9N5OS/c1-2-15-8(14)13-4-12-7-5(13)6(9)10-3-11-7/h3-4H,2H2,1H3,(H2,9,10,11). The van der Waals surface area contributed by atoms with Crippen LogP contribution < -0.4 is 5.73 Å². The fraction of sp³-hybridized carbons (Fsp3) is 0.250. The molecule has 0 aliphatic carbocycles. The van der Waals surface area contributed by atoms with E-state index in [0.29, 0.717) is 16.9 Å². The van der Waals surface area contributed by atoms with Crippen molar-refractivity contribution in [3.8, 4) is 0 Å². The third-order valence-corrected chi connectivity index (χ3v) is 2.56. The van der Waals surface area contributed by atoms with Crippen LogP contribution in [0.5, 0.6) is 0 Å². The van der Waals surface area contributed by atoms with E-state index in [2.05, 4.69) is 15.0 Å². The van der Waals surface area contributed by atoms with Crippen LogP contribution in [0.15, 0.2) is 12.7 Å². The van der Waals surface area contributed by atoms with Crippen molar-refractivity contribution in [2.75, 3.05) is 11.5 Å². The number of fused-ring (bicyclic) bond motifs is 1. The van der Waals surface area contributed by atoms with Crippen LogP contribution in [0, 0.1) is 0 Å². The summed E-state index contributed by atoms with van der Waals surface area (Å²) in [6, 6.07) is 0. The van der Waals surface area contributed by atoms with E-state index in [1.807, 2.05) is 6.92 Å². The van der Waals surface area contributed by atoms with Crippen LogP contribution in [0.2, 0.25) is 0 Å². The van der Waals surface area contributed by atoms with Crippen molar-refractivity contribution < 1.29 is 4.79 Å². The maximum atomic E-state index is 11.6. The van der Waals surface area contributed by atoms with Crippen molar-refractivity contribution in [2.24, 2.45) is 0 Å². The van der Waals surface area contributed by atoms with Crippen LogP contribution in [0.4, 0.5) is 10.6 Å². The average molecular weight is 223 g/mol. The van der Waals surface area contributed by atoms with Crippen LogP contribution in [-0.4, -0.2) is 30.5 Å². The van der Waals surface area contributed by atoms with E-state index in [-0.39, 0.29) is 11.1 Å². The monoisotopic (exact) mass is 223 g/mol. The zero-order valence-electron chi connectivity index (χ0n) is 8.04. The highest BCUT2D eigenvalue weighted by Crippen LogP contribution is 2.18. The number of hydrogen-bond donors (Lipinski definition) is 1. The number of imidazole rings is 1. The lowest BCUT2D eigenvalue weighted by Crippen LogP contribution is -2.06. The number of carbonyl (C=O) groups is 1. The van der Waals surface area contributed by atoms with Gasteiger partial charge in [-0.1, -0.05) is 18.7 Å². The molecule has 0 fully saturated rings. The number of carbonyl (C=O) groups excluding carboxylic acids is 1. The van der Waals surface area contributed by atoms with E-state index in [1.165, 1.54) is 29.0 Å². The summed E-state index contributed by atoms with van der Waals surface area (Å²) in [7, 11) is 0. The number of nitrogens with zero attached hydrogens (tertiary/aromatic N) is 4. The molecule has 0 spiro atoms. The van der Waals surface area contributed by atoms with Gasteiger partial charge in [0.05, 0.1) is 0 Å². The molecule has 0 amide bonds. The Balaban J connectivity index is 2.57. The molecule has 7 heteroatoms. The number of nitrogen functional groups attached to an aromatic ring is 1. The lowest BCUT2D eigenvalue weighted by atomic mass is 10.5. The Morgan fingerprint density at radius 1 is 1.53 bits per heavy atom. The van der Waals surface area contributed by atoms with Gasteiger partial charge in [-0.15, -0.1) is 0 Å². The van der Waals surface area contributed by atoms with Gasteiger partial charge in [-0.3, -0.25) is 9.36 Å². The molecule has 78 valence electrons. The van der Waals surface area contributed by atoms with Gasteiger partial charge in [0.15, 0.2) is 11.5 Å². The number of nitrogens with two attached hydrogens (primary N) is 1. The van der Waals surface area contributed by atoms with Gasteiger partial charge in [-0.05, 0) is 5.75 Å². The quantitative estimate of drug-likeness (QED) is 0.779. The summed E-state index contributed by atoms with van der Waals surface area (Å²) >= 11 is 1.19. The molecule has 0 atom stereocenters. The Bertz CT molecular complexity index is 509. The molecule has 15 heavy (non-hydrogen) atoms. The first-order valence-corrected chi connectivity index (χ1v) is 5.33. The van der Waals surface area contributed by atoms with E-state index in [1.54, 1.807) is 0 Å². The molecular formula is C8H9N5OS. The molecule has 2 aromatic rings. The fourth-order valence-electron chi connectivity index (χ4n) is 1.21. The van der Waals surface area contributed by atoms with Gasteiger partial charge in [-0.2, -0.15) is 0 Å². The summed E-state index contributed by atoms with van der Waals surface area (Å²) < 4.78 is 1.37. The Morgan fingerprint density at radius 2 is 2.33 bits per heavy atom. The number of aromatic nitrogens is 4. The molecule has 0 unspecified atom stereocenters. The highest BCUT2D eigenvalue weighted by Gasteiger charge is 2.13. The van der Waals surface area contributed by atoms with Gasteiger partial charge < -0.3 is 5.73 Å². The average Bonchev–Trinajstić information content (AvgIpc) is 2.63. The topological polar surface area (TPSA) is 86.7 Å². The van der Waals surface area contributed by atoms with Crippen LogP contribution >= 0.6 is 11.8 Å². The Labute approximate surface area is 89.9 Å². The molecule has 2 N–H and O–H groups in total. The third kappa shape index (κ3) is 1.65. The molecule has 2 heterocycles. The molecule has 0 saturated heterocycles. The lowest BCUT2D eigenvalue weighted by Gasteiger charge is -2.01. The van der Waals surface area contributed by atoms with Gasteiger partial charge in [0, 0.05) is 0 Å². The normalized spacial score (nSPS) is 10.7. The van der Waals surface area contributed by atoms with Crippen molar-refractivity contribution in [2.45, 2.75) is 6.92 Å². The largest absolute Gasteiger partial charge is 0.382 e. The van der Waals surface area contributed by atoms with E-state index in [0.717, 1.165) is 0 Å². The minimum Gasteiger partial charge on any atom is -0.382 e. The molecule has 0 aliphatic heterocycles. The second-order valence-corrected chi connectivity index (χ2v) is 3.96. The smallest absolute Gasteiger partial charge is 0.291 e. The Morgan fingerprint density at radius 3 is 3.07 bits per heavy atom. The van der Waals surface area contributed by atoms with Crippen molar-refractivity contribution in [3.63, 3.8) is 0 Å². The number of anilines is 1. The SMILES string of the molecule is CCSC(=O)n1cnc2ncnc(N)c21. The maximum Gasteiger partial charge on any atom is 0.291 e. The molecule has 0 aromatic carbocycles. The van der Waals surface area contributed by atoms with Gasteiger partial charge in [0.1, 0.15) is 18.2 Å². The second kappa shape index (κ2) is 3.85. The van der Waals surface area contributed by atoms with Gasteiger partial charge in [0.2, 0.25) is 0 Å². The van der Waals surface area contributed by atoms with Crippen molar-refractivity contribution in [1.82, 2.24) is 19.5 Å². The summed E-state index contributed by atoms with van der Waals surface area (Å²) in [5, 5.41) is -0.124. The summed E-state index contributed by atoms with van der Waals surface area (Å²) in [6.45, 7) is 1.90. The number of thioether (sulfide) groups is 1. The summed E-state index contributed by atoms with van der Waals surface area (Å²) in [5.41, 5.74) is 6.57. The Hall–Kier alpha value is -1.63. The van der Waals surface area contributed by atoms with Crippen molar-refractivity contribution >= 4 is 34.0 Å². The molecule has 0 bridgehead atoms. The first-order chi connectivity index (χ1) is 7.24. The molecule has 2 rings (SSSR count). The first kappa shape index (κ1) is 9.91. The zero-order valence-corrected chi connectivity index (χ0v) is 8.86. The van der Waals surface area contributed by atoms with E-state index >= 15 is 0 Å². The van der Waals surface area contributed by atoms with E-state index in [4.69, 9.17) is 5.73 Å². The lowest BCUT2D eigenvalue weighted by molar-refractivity contribution is 0.262. The van der Waals surface area contributed by atoms with E-state index in [9.17, 15) is 4.79 Å². The fourth-order valence-corrected chi connectivity index (χ4v) is 1.73. The minimum absolute atomic E-state index is 0.124. The summed E-state index contributed by atoms with van der Waals surface area (Å²) in [5.74, 6) is 0.967. The van der Waals surface area contributed by atoms with Crippen LogP contribution in [0.25, 0.3) is 11.2 Å². The highest BCUT2D eigenvalue weighted by molar-refractivity contribution is 8.13. The summed E-state index contributed by atoms with van der Waals surface area (Å²) in [4.78, 5) is 23.4. The van der Waals surface area contributed by atoms with Crippen molar-refractivity contribution in [3.05, 3.63) is 12.7 Å². The predicted molar refractivity (Wildman–Crippen MR) is 58.7 cm³/mol. The van der Waals surface area contributed by atoms with Crippen LogP contribution in [0.3, 0.4) is 0 Å². The maximum absolute atomic E-state index is 11.6. The summed E-state index contributed by atoms with van der Waals surface area (Å²) in [6.07, 6.45) is 2.74. The number of hydrogen-bond acceptors (Lipinski definition) is 6. The minimum atomic E-state index is -0.124. The van der Waals surface area contributed by atoms with Crippen molar-refractivity contribution in [1.29, 1.82) is 0 Å². The molecule has 0 saturated carbocycles.